The maximum Gasteiger partial charge on any atom is 0.295 e. The van der Waals surface area contributed by atoms with E-state index in [9.17, 15) is 14.7 Å². The fraction of sp³-hybridized carbons (Fsp3) is 0.0870. The Labute approximate surface area is 183 Å². The summed E-state index contributed by atoms with van der Waals surface area (Å²) in [5, 5.41) is 11.7. The normalized spacial score (nSPS) is 18.1. The fourth-order valence-corrected chi connectivity index (χ4v) is 4.04. The predicted molar refractivity (Wildman–Crippen MR) is 115 cm³/mol. The average molecular weight is 439 g/mol. The molecule has 1 unspecified atom stereocenters. The molecule has 1 aromatic heterocycles. The van der Waals surface area contributed by atoms with Crippen LogP contribution in [0, 0.1) is 0 Å². The largest absolute Gasteiger partial charge is 0.507 e. The van der Waals surface area contributed by atoms with Gasteiger partial charge < -0.3 is 10.0 Å². The first-order chi connectivity index (χ1) is 14.5. The SMILES string of the molecule is O=C1C(=O)N(Cc2cccnc2)C(c2ccc(Cl)cc2Cl)/C1=C(/O)c1ccccc1. The number of Topliss-reactive ketones (excluding diaryl/α,β-unsaturated/α-hetero) is 1. The molecule has 1 saturated heterocycles. The van der Waals surface area contributed by atoms with Crippen LogP contribution in [0.5, 0.6) is 0 Å². The van der Waals surface area contributed by atoms with Crippen molar-refractivity contribution in [3.05, 3.63) is 105 Å². The molecule has 2 heterocycles. The van der Waals surface area contributed by atoms with Gasteiger partial charge in [-0.2, -0.15) is 0 Å². The Morgan fingerprint density at radius 2 is 1.80 bits per heavy atom. The number of nitrogens with zero attached hydrogens (tertiary/aromatic N) is 2. The van der Waals surface area contributed by atoms with Crippen LogP contribution in [0.25, 0.3) is 5.76 Å². The molecule has 2 aromatic carbocycles. The van der Waals surface area contributed by atoms with Gasteiger partial charge in [-0.25, -0.2) is 0 Å². The van der Waals surface area contributed by atoms with Gasteiger partial charge in [-0.05, 0) is 29.3 Å². The number of carbonyl (C=O) groups excluding carboxylic acids is 2. The number of pyridine rings is 1. The highest BCUT2D eigenvalue weighted by atomic mass is 35.5. The summed E-state index contributed by atoms with van der Waals surface area (Å²) >= 11 is 12.5. The molecule has 1 amide bonds. The summed E-state index contributed by atoms with van der Waals surface area (Å²) in [6.45, 7) is 0.133. The van der Waals surface area contributed by atoms with Gasteiger partial charge in [0.1, 0.15) is 5.76 Å². The second-order valence-corrected chi connectivity index (χ2v) is 7.66. The molecule has 1 fully saturated rings. The number of aromatic nitrogens is 1. The molecule has 1 aliphatic rings. The van der Waals surface area contributed by atoms with Crippen LogP contribution in [0.15, 0.2) is 78.6 Å². The molecule has 30 heavy (non-hydrogen) atoms. The number of aliphatic hydroxyl groups is 1. The maximum absolute atomic E-state index is 13.0. The molecular weight excluding hydrogens is 423 g/mol. The van der Waals surface area contributed by atoms with Gasteiger partial charge in [-0.1, -0.05) is 65.7 Å². The summed E-state index contributed by atoms with van der Waals surface area (Å²) in [6.07, 6.45) is 3.25. The van der Waals surface area contributed by atoms with Crippen LogP contribution >= 0.6 is 23.2 Å². The van der Waals surface area contributed by atoms with Crippen molar-refractivity contribution in [1.29, 1.82) is 0 Å². The molecule has 150 valence electrons. The number of benzene rings is 2. The molecule has 1 atom stereocenters. The standard InChI is InChI=1S/C23H16Cl2N2O3/c24-16-8-9-17(18(25)11-16)20-19(21(28)15-6-2-1-3-7-15)22(29)23(30)27(20)13-14-5-4-10-26-12-14/h1-12,20,28H,13H2/b21-19-. The molecule has 0 bridgehead atoms. The Morgan fingerprint density at radius 1 is 1.03 bits per heavy atom. The van der Waals surface area contributed by atoms with E-state index < -0.39 is 17.7 Å². The topological polar surface area (TPSA) is 70.5 Å². The van der Waals surface area contributed by atoms with Crippen LogP contribution in [0.2, 0.25) is 10.0 Å². The van der Waals surface area contributed by atoms with Gasteiger partial charge in [0.2, 0.25) is 0 Å². The second-order valence-electron chi connectivity index (χ2n) is 6.82. The zero-order chi connectivity index (χ0) is 21.3. The van der Waals surface area contributed by atoms with Crippen LogP contribution < -0.4 is 0 Å². The lowest BCUT2D eigenvalue weighted by Crippen LogP contribution is -2.29. The van der Waals surface area contributed by atoms with E-state index in [0.29, 0.717) is 21.2 Å². The second kappa shape index (κ2) is 8.30. The van der Waals surface area contributed by atoms with E-state index in [-0.39, 0.29) is 17.9 Å². The van der Waals surface area contributed by atoms with Gasteiger partial charge in [-0.3, -0.25) is 14.6 Å². The van der Waals surface area contributed by atoms with E-state index in [0.717, 1.165) is 5.56 Å². The van der Waals surface area contributed by atoms with Gasteiger partial charge in [0.15, 0.2) is 0 Å². The number of carbonyl (C=O) groups is 2. The van der Waals surface area contributed by atoms with Crippen molar-refractivity contribution in [3.8, 4) is 0 Å². The number of hydrogen-bond acceptors (Lipinski definition) is 4. The first-order valence-corrected chi connectivity index (χ1v) is 9.90. The third-order valence-corrected chi connectivity index (χ3v) is 5.48. The van der Waals surface area contributed by atoms with E-state index in [1.165, 1.54) is 4.90 Å². The highest BCUT2D eigenvalue weighted by molar-refractivity contribution is 6.47. The minimum absolute atomic E-state index is 0.0145. The molecule has 0 aliphatic carbocycles. The van der Waals surface area contributed by atoms with E-state index in [1.54, 1.807) is 67.0 Å². The highest BCUT2D eigenvalue weighted by Crippen LogP contribution is 2.43. The number of aliphatic hydroxyl groups excluding tert-OH is 1. The lowest BCUT2D eigenvalue weighted by molar-refractivity contribution is -0.140. The minimum atomic E-state index is -0.866. The molecule has 4 rings (SSSR count). The van der Waals surface area contributed by atoms with Crippen LogP contribution in [-0.4, -0.2) is 26.7 Å². The fourth-order valence-electron chi connectivity index (χ4n) is 3.53. The first-order valence-electron chi connectivity index (χ1n) is 9.15. The molecule has 7 heteroatoms. The van der Waals surface area contributed by atoms with Crippen molar-refractivity contribution in [2.24, 2.45) is 0 Å². The van der Waals surface area contributed by atoms with Crippen molar-refractivity contribution in [2.75, 3.05) is 0 Å². The number of amides is 1. The summed E-state index contributed by atoms with van der Waals surface area (Å²) in [7, 11) is 0. The Balaban J connectivity index is 1.90. The lowest BCUT2D eigenvalue weighted by atomic mass is 9.95. The predicted octanol–water partition coefficient (Wildman–Crippen LogP) is 5.01. The van der Waals surface area contributed by atoms with Crippen LogP contribution in [0.3, 0.4) is 0 Å². The van der Waals surface area contributed by atoms with Gasteiger partial charge in [0.05, 0.1) is 11.6 Å². The monoisotopic (exact) mass is 438 g/mol. The summed E-state index contributed by atoms with van der Waals surface area (Å²) in [4.78, 5) is 31.4. The van der Waals surface area contributed by atoms with Crippen molar-refractivity contribution in [3.63, 3.8) is 0 Å². The number of likely N-dealkylation sites (tertiary alicyclic amines) is 1. The lowest BCUT2D eigenvalue weighted by Gasteiger charge is -2.26. The molecule has 1 aliphatic heterocycles. The number of ketones is 1. The van der Waals surface area contributed by atoms with E-state index >= 15 is 0 Å². The van der Waals surface area contributed by atoms with Crippen molar-refractivity contribution >= 4 is 40.7 Å². The zero-order valence-corrected chi connectivity index (χ0v) is 17.1. The summed E-state index contributed by atoms with van der Waals surface area (Å²) in [6, 6.07) is 16.2. The third kappa shape index (κ3) is 3.70. The van der Waals surface area contributed by atoms with Crippen LogP contribution in [-0.2, 0) is 16.1 Å². The third-order valence-electron chi connectivity index (χ3n) is 4.92. The van der Waals surface area contributed by atoms with Gasteiger partial charge in [-0.15, -0.1) is 0 Å². The van der Waals surface area contributed by atoms with Gasteiger partial charge in [0.25, 0.3) is 11.7 Å². The van der Waals surface area contributed by atoms with E-state index in [4.69, 9.17) is 23.2 Å². The molecule has 3 aromatic rings. The molecule has 0 spiro atoms. The summed E-state index contributed by atoms with van der Waals surface area (Å²) < 4.78 is 0. The Morgan fingerprint density at radius 3 is 2.47 bits per heavy atom. The van der Waals surface area contributed by atoms with Crippen molar-refractivity contribution < 1.29 is 14.7 Å². The average Bonchev–Trinajstić information content (AvgIpc) is 2.99. The minimum Gasteiger partial charge on any atom is -0.507 e. The number of rotatable bonds is 4. The van der Waals surface area contributed by atoms with E-state index in [2.05, 4.69) is 4.98 Å². The first kappa shape index (κ1) is 20.1. The quantitative estimate of drug-likeness (QED) is 0.353. The molecule has 0 radical (unpaired) electrons. The summed E-state index contributed by atoms with van der Waals surface area (Å²) in [5.41, 5.74) is 1.67. The number of hydrogen-bond donors (Lipinski definition) is 1. The van der Waals surface area contributed by atoms with Crippen LogP contribution in [0.1, 0.15) is 22.7 Å². The summed E-state index contributed by atoms with van der Waals surface area (Å²) in [5.74, 6) is -1.73. The molecular formula is C23H16Cl2N2O3. The molecule has 1 N–H and O–H groups in total. The Bertz CT molecular complexity index is 1150. The molecule has 0 saturated carbocycles. The molecule has 5 nitrogen and oxygen atoms in total. The number of halogens is 2. The van der Waals surface area contributed by atoms with Gasteiger partial charge in [0, 0.05) is 34.5 Å². The Hall–Kier alpha value is -3.15. The van der Waals surface area contributed by atoms with E-state index in [1.807, 2.05) is 6.07 Å². The van der Waals surface area contributed by atoms with Crippen molar-refractivity contribution in [2.45, 2.75) is 12.6 Å². The highest BCUT2D eigenvalue weighted by Gasteiger charge is 2.46. The van der Waals surface area contributed by atoms with Gasteiger partial charge >= 0.3 is 0 Å². The van der Waals surface area contributed by atoms with Crippen LogP contribution in [0.4, 0.5) is 0 Å². The Kier molecular flexibility index (Phi) is 5.57. The maximum atomic E-state index is 13.0. The zero-order valence-electron chi connectivity index (χ0n) is 15.6. The smallest absolute Gasteiger partial charge is 0.295 e. The van der Waals surface area contributed by atoms with Crippen molar-refractivity contribution in [1.82, 2.24) is 9.88 Å².